The first-order chi connectivity index (χ1) is 7.68. The molecule has 2 aliphatic rings. The minimum atomic E-state index is -0.651. The number of aliphatic hydroxyl groups is 1. The summed E-state index contributed by atoms with van der Waals surface area (Å²) >= 11 is 0. The molecule has 2 N–H and O–H groups in total. The maximum atomic E-state index is 11.6. The van der Waals surface area contributed by atoms with E-state index in [1.54, 1.807) is 6.07 Å². The molecule has 0 bridgehead atoms. The van der Waals surface area contributed by atoms with E-state index in [4.69, 9.17) is 4.74 Å². The summed E-state index contributed by atoms with van der Waals surface area (Å²) in [5, 5.41) is 12.4. The van der Waals surface area contributed by atoms with Crippen molar-refractivity contribution in [2.75, 3.05) is 6.61 Å². The van der Waals surface area contributed by atoms with Crippen LogP contribution in [0.25, 0.3) is 0 Å². The Kier molecular flexibility index (Phi) is 2.02. The number of carbonyl (C=O) groups excluding carboxylic acids is 1. The quantitative estimate of drug-likeness (QED) is 0.796. The summed E-state index contributed by atoms with van der Waals surface area (Å²) in [5.41, 5.74) is 0.870. The summed E-state index contributed by atoms with van der Waals surface area (Å²) in [7, 11) is 0. The summed E-state index contributed by atoms with van der Waals surface area (Å²) in [6.45, 7) is 0.284. The highest BCUT2D eigenvalue weighted by molar-refractivity contribution is 5.98. The molecule has 0 radical (unpaired) electrons. The van der Waals surface area contributed by atoms with E-state index in [0.29, 0.717) is 5.56 Å². The monoisotopic (exact) mass is 219 g/mol. The van der Waals surface area contributed by atoms with Crippen LogP contribution < -0.4 is 5.32 Å². The summed E-state index contributed by atoms with van der Waals surface area (Å²) in [5.74, 6) is -0.108. The first-order valence-corrected chi connectivity index (χ1v) is 5.42. The fraction of sp³-hybridized carbons (Fsp3) is 0.417. The van der Waals surface area contributed by atoms with Crippen LogP contribution in [0.1, 0.15) is 35.0 Å². The standard InChI is InChI=1S/C12H13NO3/c14-10-8-3-1-2-4-9(8)11(13-10)16-7-12(15)5-6-12/h1-4,11,15H,5-7H2,(H,13,14). The van der Waals surface area contributed by atoms with Crippen LogP contribution in [-0.2, 0) is 4.74 Å². The predicted molar refractivity (Wildman–Crippen MR) is 56.8 cm³/mol. The number of fused-ring (bicyclic) bond motifs is 1. The van der Waals surface area contributed by atoms with Crippen LogP contribution in [0.4, 0.5) is 0 Å². The molecule has 1 heterocycles. The van der Waals surface area contributed by atoms with Crippen molar-refractivity contribution in [3.8, 4) is 0 Å². The maximum absolute atomic E-state index is 11.6. The average molecular weight is 219 g/mol. The highest BCUT2D eigenvalue weighted by atomic mass is 16.5. The SMILES string of the molecule is O=C1NC(OCC2(O)CC2)c2ccccc21. The van der Waals surface area contributed by atoms with Gasteiger partial charge in [-0.3, -0.25) is 4.79 Å². The molecule has 1 aromatic carbocycles. The van der Waals surface area contributed by atoms with Gasteiger partial charge in [0.05, 0.1) is 12.2 Å². The molecule has 1 amide bonds. The molecule has 84 valence electrons. The van der Waals surface area contributed by atoms with Crippen LogP contribution in [0.2, 0.25) is 0 Å². The van der Waals surface area contributed by atoms with E-state index in [9.17, 15) is 9.90 Å². The molecular weight excluding hydrogens is 206 g/mol. The normalized spacial score (nSPS) is 25.1. The molecular formula is C12H13NO3. The zero-order chi connectivity index (χ0) is 11.2. The number of hydrogen-bond donors (Lipinski definition) is 2. The number of nitrogens with one attached hydrogen (secondary N) is 1. The van der Waals surface area contributed by atoms with Gasteiger partial charge in [0.2, 0.25) is 0 Å². The van der Waals surface area contributed by atoms with Crippen LogP contribution >= 0.6 is 0 Å². The molecule has 0 aromatic heterocycles. The fourth-order valence-corrected chi connectivity index (χ4v) is 1.87. The second-order valence-corrected chi connectivity index (χ2v) is 4.48. The van der Waals surface area contributed by atoms with Gasteiger partial charge in [-0.05, 0) is 18.9 Å². The van der Waals surface area contributed by atoms with E-state index in [0.717, 1.165) is 18.4 Å². The molecule has 1 atom stereocenters. The van der Waals surface area contributed by atoms with Gasteiger partial charge in [0.15, 0.2) is 6.23 Å². The topological polar surface area (TPSA) is 58.6 Å². The maximum Gasteiger partial charge on any atom is 0.253 e. The first-order valence-electron chi connectivity index (χ1n) is 5.42. The van der Waals surface area contributed by atoms with E-state index in [-0.39, 0.29) is 12.5 Å². The lowest BCUT2D eigenvalue weighted by atomic mass is 10.1. The Morgan fingerprint density at radius 1 is 1.44 bits per heavy atom. The van der Waals surface area contributed by atoms with Gasteiger partial charge in [0.1, 0.15) is 0 Å². The lowest BCUT2D eigenvalue weighted by Crippen LogP contribution is -2.26. The van der Waals surface area contributed by atoms with Gasteiger partial charge in [0.25, 0.3) is 5.91 Å². The van der Waals surface area contributed by atoms with Gasteiger partial charge in [-0.1, -0.05) is 18.2 Å². The molecule has 1 aliphatic heterocycles. The predicted octanol–water partition coefficient (Wildman–Crippen LogP) is 0.970. The van der Waals surface area contributed by atoms with E-state index >= 15 is 0 Å². The van der Waals surface area contributed by atoms with E-state index in [2.05, 4.69) is 5.32 Å². The van der Waals surface area contributed by atoms with Crippen molar-refractivity contribution >= 4 is 5.91 Å². The lowest BCUT2D eigenvalue weighted by molar-refractivity contribution is -0.0299. The van der Waals surface area contributed by atoms with Crippen molar-refractivity contribution < 1.29 is 14.6 Å². The average Bonchev–Trinajstić information content (AvgIpc) is 2.94. The van der Waals surface area contributed by atoms with Crippen LogP contribution in [0.15, 0.2) is 24.3 Å². The summed E-state index contributed by atoms with van der Waals surface area (Å²) in [4.78, 5) is 11.6. The zero-order valence-corrected chi connectivity index (χ0v) is 8.77. The fourth-order valence-electron chi connectivity index (χ4n) is 1.87. The zero-order valence-electron chi connectivity index (χ0n) is 8.77. The highest BCUT2D eigenvalue weighted by Crippen LogP contribution is 2.37. The molecule has 1 aliphatic carbocycles. The van der Waals surface area contributed by atoms with Crippen molar-refractivity contribution in [2.45, 2.75) is 24.7 Å². The van der Waals surface area contributed by atoms with Crippen LogP contribution in [-0.4, -0.2) is 23.2 Å². The van der Waals surface area contributed by atoms with Crippen molar-refractivity contribution in [3.05, 3.63) is 35.4 Å². The van der Waals surface area contributed by atoms with Gasteiger partial charge in [0, 0.05) is 11.1 Å². The van der Waals surface area contributed by atoms with Crippen LogP contribution in [0, 0.1) is 0 Å². The smallest absolute Gasteiger partial charge is 0.253 e. The van der Waals surface area contributed by atoms with E-state index in [1.165, 1.54) is 0 Å². The number of amides is 1. The third-order valence-electron chi connectivity index (χ3n) is 3.10. The second kappa shape index (κ2) is 3.30. The van der Waals surface area contributed by atoms with Gasteiger partial charge in [-0.25, -0.2) is 0 Å². The number of benzene rings is 1. The Morgan fingerprint density at radius 2 is 2.19 bits per heavy atom. The number of rotatable bonds is 3. The Bertz CT molecular complexity index is 440. The Labute approximate surface area is 93.2 Å². The van der Waals surface area contributed by atoms with Crippen LogP contribution in [0.3, 0.4) is 0 Å². The first kappa shape index (κ1) is 9.81. The Balaban J connectivity index is 1.75. The van der Waals surface area contributed by atoms with Gasteiger partial charge in [-0.2, -0.15) is 0 Å². The molecule has 4 heteroatoms. The number of ether oxygens (including phenoxy) is 1. The van der Waals surface area contributed by atoms with Crippen molar-refractivity contribution in [3.63, 3.8) is 0 Å². The van der Waals surface area contributed by atoms with E-state index < -0.39 is 11.8 Å². The largest absolute Gasteiger partial charge is 0.387 e. The summed E-state index contributed by atoms with van der Waals surface area (Å²) < 4.78 is 5.54. The third-order valence-corrected chi connectivity index (χ3v) is 3.10. The second-order valence-electron chi connectivity index (χ2n) is 4.48. The Morgan fingerprint density at radius 3 is 2.94 bits per heavy atom. The van der Waals surface area contributed by atoms with Gasteiger partial charge >= 0.3 is 0 Å². The minimum absolute atomic E-state index is 0.108. The lowest BCUT2D eigenvalue weighted by Gasteiger charge is -2.15. The summed E-state index contributed by atoms with van der Waals surface area (Å²) in [6, 6.07) is 7.35. The molecule has 3 rings (SSSR count). The third kappa shape index (κ3) is 1.60. The molecule has 1 fully saturated rings. The van der Waals surface area contributed by atoms with Crippen LogP contribution in [0.5, 0.6) is 0 Å². The van der Waals surface area contributed by atoms with Crippen molar-refractivity contribution in [1.82, 2.24) is 5.32 Å². The van der Waals surface area contributed by atoms with Gasteiger partial charge in [-0.15, -0.1) is 0 Å². The number of carbonyl (C=O) groups is 1. The molecule has 1 unspecified atom stereocenters. The Hall–Kier alpha value is -1.39. The van der Waals surface area contributed by atoms with E-state index in [1.807, 2.05) is 18.2 Å². The minimum Gasteiger partial charge on any atom is -0.387 e. The molecule has 1 aromatic rings. The van der Waals surface area contributed by atoms with Crippen molar-refractivity contribution in [1.29, 1.82) is 0 Å². The summed E-state index contributed by atoms with van der Waals surface area (Å²) in [6.07, 6.45) is 1.17. The van der Waals surface area contributed by atoms with Gasteiger partial charge < -0.3 is 15.2 Å². The molecule has 4 nitrogen and oxygen atoms in total. The molecule has 16 heavy (non-hydrogen) atoms. The highest BCUT2D eigenvalue weighted by Gasteiger charge is 2.42. The number of hydrogen-bond acceptors (Lipinski definition) is 3. The molecule has 1 saturated carbocycles. The van der Waals surface area contributed by atoms with Crippen molar-refractivity contribution in [2.24, 2.45) is 0 Å². The molecule has 0 saturated heterocycles. The molecule has 0 spiro atoms.